The number of nitrogens with zero attached hydrogens (tertiary/aromatic N) is 1. The molecule has 8 heteroatoms. The number of fused-ring (bicyclic) bond motifs is 5. The Labute approximate surface area is 216 Å². The van der Waals surface area contributed by atoms with Gasteiger partial charge < -0.3 is 25.8 Å². The van der Waals surface area contributed by atoms with E-state index >= 15 is 0 Å². The zero-order valence-corrected chi connectivity index (χ0v) is 22.6. The molecule has 200 valence electrons. The fourth-order valence-electron chi connectivity index (χ4n) is 9.33. The third-order valence-corrected chi connectivity index (χ3v) is 11.4. The van der Waals surface area contributed by atoms with Crippen LogP contribution in [0.3, 0.4) is 0 Å². The molecule has 2 amide bonds. The van der Waals surface area contributed by atoms with E-state index in [0.717, 1.165) is 70.6 Å². The number of nitrogens with two attached hydrogens (primary N) is 1. The number of ether oxygens (including phenoxy) is 1. The van der Waals surface area contributed by atoms with Crippen molar-refractivity contribution in [2.45, 2.75) is 102 Å². The first-order valence-corrected chi connectivity index (χ1v) is 13.8. The lowest BCUT2D eigenvalue weighted by molar-refractivity contribution is -0.147. The lowest BCUT2D eigenvalue weighted by Crippen LogP contribution is -2.67. The summed E-state index contributed by atoms with van der Waals surface area (Å²) in [4.78, 5) is 27.1. The van der Waals surface area contributed by atoms with E-state index in [9.17, 15) is 14.7 Å². The zero-order valence-electron chi connectivity index (χ0n) is 21.8. The van der Waals surface area contributed by atoms with E-state index < -0.39 is 6.10 Å². The normalized spacial score (nSPS) is 46.9. The van der Waals surface area contributed by atoms with Gasteiger partial charge in [0.1, 0.15) is 6.10 Å². The Morgan fingerprint density at radius 2 is 1.80 bits per heavy atom. The maximum Gasteiger partial charge on any atom is 0.410 e. The predicted octanol–water partition coefficient (Wildman–Crippen LogP) is 3.86. The van der Waals surface area contributed by atoms with Gasteiger partial charge in [0.25, 0.3) is 0 Å². The summed E-state index contributed by atoms with van der Waals surface area (Å²) in [5.41, 5.74) is 7.17. The van der Waals surface area contributed by atoms with Gasteiger partial charge in [0.05, 0.1) is 6.10 Å². The number of nitrogens with one attached hydrogen (secondary N) is 1. The highest BCUT2D eigenvalue weighted by atomic mass is 35.5. The number of aliphatic hydroxyl groups is 1. The first kappa shape index (κ1) is 27.0. The van der Waals surface area contributed by atoms with Crippen molar-refractivity contribution in [1.82, 2.24) is 10.2 Å². The van der Waals surface area contributed by atoms with E-state index in [0.29, 0.717) is 30.8 Å². The fourth-order valence-corrected chi connectivity index (χ4v) is 9.33. The summed E-state index contributed by atoms with van der Waals surface area (Å²) < 4.78 is 5.97. The van der Waals surface area contributed by atoms with Crippen molar-refractivity contribution in [2.24, 2.45) is 40.2 Å². The van der Waals surface area contributed by atoms with Crippen LogP contribution in [-0.4, -0.2) is 59.9 Å². The highest BCUT2D eigenvalue weighted by molar-refractivity contribution is 5.85. The number of halogens is 1. The van der Waals surface area contributed by atoms with Crippen LogP contribution < -0.4 is 11.1 Å². The Hall–Kier alpha value is -1.05. The van der Waals surface area contributed by atoms with Crippen molar-refractivity contribution in [2.75, 3.05) is 20.1 Å². The monoisotopic (exact) mass is 511 g/mol. The molecule has 0 aromatic carbocycles. The molecule has 0 spiro atoms. The summed E-state index contributed by atoms with van der Waals surface area (Å²) >= 11 is 0. The van der Waals surface area contributed by atoms with Crippen LogP contribution in [0.1, 0.15) is 84.5 Å². The average Bonchev–Trinajstić information content (AvgIpc) is 3.10. The second kappa shape index (κ2) is 9.68. The largest absolute Gasteiger partial charge is 0.446 e. The molecule has 5 aliphatic rings. The van der Waals surface area contributed by atoms with Crippen molar-refractivity contribution in [3.8, 4) is 0 Å². The fraction of sp³-hybridized carbons (Fsp3) is 0.926. The van der Waals surface area contributed by atoms with Gasteiger partial charge in [-0.2, -0.15) is 0 Å². The molecule has 1 saturated heterocycles. The van der Waals surface area contributed by atoms with Gasteiger partial charge in [0, 0.05) is 31.6 Å². The molecule has 4 aliphatic carbocycles. The minimum absolute atomic E-state index is 0. The Bertz CT molecular complexity index is 828. The van der Waals surface area contributed by atoms with Crippen molar-refractivity contribution in [3.63, 3.8) is 0 Å². The topological polar surface area (TPSA) is 105 Å². The van der Waals surface area contributed by atoms with Crippen molar-refractivity contribution < 1.29 is 19.4 Å². The molecule has 1 heterocycles. The molecule has 5 rings (SSSR count). The molecule has 4 saturated carbocycles. The van der Waals surface area contributed by atoms with Crippen LogP contribution in [0.2, 0.25) is 0 Å². The third-order valence-electron chi connectivity index (χ3n) is 11.4. The van der Waals surface area contributed by atoms with Crippen LogP contribution in [0.15, 0.2) is 0 Å². The minimum atomic E-state index is -0.426. The molecule has 0 radical (unpaired) electrons. The summed E-state index contributed by atoms with van der Waals surface area (Å²) in [5, 5.41) is 12.8. The van der Waals surface area contributed by atoms with Gasteiger partial charge in [-0.25, -0.2) is 4.79 Å². The quantitative estimate of drug-likeness (QED) is 0.522. The van der Waals surface area contributed by atoms with Crippen LogP contribution in [0.5, 0.6) is 0 Å². The minimum Gasteiger partial charge on any atom is -0.446 e. The van der Waals surface area contributed by atoms with Crippen LogP contribution >= 0.6 is 12.4 Å². The first-order chi connectivity index (χ1) is 16.1. The highest BCUT2D eigenvalue weighted by Gasteiger charge is 2.67. The van der Waals surface area contributed by atoms with Gasteiger partial charge in [0.2, 0.25) is 5.91 Å². The molecule has 5 fully saturated rings. The van der Waals surface area contributed by atoms with Crippen LogP contribution in [-0.2, 0) is 9.53 Å². The Morgan fingerprint density at radius 3 is 2.51 bits per heavy atom. The maximum absolute atomic E-state index is 12.7. The lowest BCUT2D eigenvalue weighted by atomic mass is 9.42. The highest BCUT2D eigenvalue weighted by Crippen LogP contribution is 2.68. The molecule has 1 unspecified atom stereocenters. The Kier molecular flexibility index (Phi) is 7.47. The number of likely N-dealkylation sites (tertiary alicyclic amines) is 1. The SMILES string of the molecule is CNC(=O)[C@H]1CC[C@]2(N)[C@@H]3CC[C@@H]4C[C@@H](OC(=O)N5CCCC(O)C5)CC[C@]4(C)[C@H]3CC[C@]12C.Cl. The first-order valence-electron chi connectivity index (χ1n) is 13.8. The molecule has 9 atom stereocenters. The van der Waals surface area contributed by atoms with Gasteiger partial charge in [-0.05, 0) is 99.2 Å². The molecule has 35 heavy (non-hydrogen) atoms. The number of hydrogen-bond acceptors (Lipinski definition) is 5. The number of hydrogen-bond donors (Lipinski definition) is 3. The summed E-state index contributed by atoms with van der Waals surface area (Å²) in [6.07, 6.45) is 10.1. The standard InChI is InChI=1S/C27H45N3O4.ClH/c1-25-11-8-19(34-24(33)30-14-4-5-18(31)16-30)15-17(25)6-7-21-20(25)9-12-26(2)22(23(32)29-3)10-13-27(21,26)28;/h17-22,31H,4-16,28H2,1-3H3,(H,29,32);1H/t17-,18?,19+,20+,21-,22-,25+,26-,27+;/m1./s1. The van der Waals surface area contributed by atoms with Gasteiger partial charge in [-0.1, -0.05) is 13.8 Å². The molecular formula is C27H46ClN3O4. The van der Waals surface area contributed by atoms with Crippen molar-refractivity contribution >= 4 is 24.4 Å². The third kappa shape index (κ3) is 4.17. The number of rotatable bonds is 2. The number of piperidine rings is 1. The maximum atomic E-state index is 12.7. The summed E-state index contributed by atoms with van der Waals surface area (Å²) in [6, 6.07) is 0. The van der Waals surface area contributed by atoms with E-state index in [1.165, 1.54) is 0 Å². The molecule has 0 bridgehead atoms. The summed E-state index contributed by atoms with van der Waals surface area (Å²) in [6.45, 7) is 5.84. The van der Waals surface area contributed by atoms with E-state index in [2.05, 4.69) is 19.2 Å². The van der Waals surface area contributed by atoms with E-state index in [4.69, 9.17) is 10.5 Å². The van der Waals surface area contributed by atoms with Gasteiger partial charge in [-0.3, -0.25) is 4.79 Å². The molecular weight excluding hydrogens is 466 g/mol. The summed E-state index contributed by atoms with van der Waals surface area (Å²) in [7, 11) is 1.75. The Balaban J connectivity index is 0.00000289. The van der Waals surface area contributed by atoms with Gasteiger partial charge >= 0.3 is 6.09 Å². The molecule has 0 aromatic rings. The average molecular weight is 512 g/mol. The van der Waals surface area contributed by atoms with E-state index in [-0.39, 0.29) is 52.8 Å². The van der Waals surface area contributed by atoms with Gasteiger partial charge in [-0.15, -0.1) is 12.4 Å². The second-order valence-electron chi connectivity index (χ2n) is 12.7. The number of amides is 2. The van der Waals surface area contributed by atoms with Crippen LogP contribution in [0.25, 0.3) is 0 Å². The van der Waals surface area contributed by atoms with Gasteiger partial charge in [0.15, 0.2) is 0 Å². The number of carbonyl (C=O) groups excluding carboxylic acids is 2. The van der Waals surface area contributed by atoms with Crippen molar-refractivity contribution in [3.05, 3.63) is 0 Å². The summed E-state index contributed by atoms with van der Waals surface area (Å²) in [5.74, 6) is 1.79. The lowest BCUT2D eigenvalue weighted by Gasteiger charge is -2.64. The molecule has 0 aromatic heterocycles. The number of β-amino-alcohol motifs (C(OH)–C–C–N with tert-alkyl or cyclic N) is 1. The number of carbonyl (C=O) groups is 2. The van der Waals surface area contributed by atoms with E-state index in [1.54, 1.807) is 11.9 Å². The zero-order chi connectivity index (χ0) is 24.3. The smallest absolute Gasteiger partial charge is 0.410 e. The van der Waals surface area contributed by atoms with E-state index in [1.807, 2.05) is 0 Å². The predicted molar refractivity (Wildman–Crippen MR) is 137 cm³/mol. The molecule has 1 aliphatic heterocycles. The van der Waals surface area contributed by atoms with Crippen LogP contribution in [0, 0.1) is 34.5 Å². The van der Waals surface area contributed by atoms with Crippen molar-refractivity contribution in [1.29, 1.82) is 0 Å². The van der Waals surface area contributed by atoms with Crippen LogP contribution in [0.4, 0.5) is 4.79 Å². The molecule has 4 N–H and O–H groups in total. The second-order valence-corrected chi connectivity index (χ2v) is 12.7. The number of aliphatic hydroxyl groups excluding tert-OH is 1. The Morgan fingerprint density at radius 1 is 1.03 bits per heavy atom. The molecule has 7 nitrogen and oxygen atoms in total.